The second kappa shape index (κ2) is 22.8. The van der Waals surface area contributed by atoms with Crippen LogP contribution in [0.2, 0.25) is 0 Å². The Morgan fingerprint density at radius 3 is 1.73 bits per heavy atom. The van der Waals surface area contributed by atoms with Gasteiger partial charge in [0.15, 0.2) is 0 Å². The third-order valence-corrected chi connectivity index (χ3v) is 8.80. The minimum atomic E-state index is -1.33. The van der Waals surface area contributed by atoms with Crippen molar-refractivity contribution in [2.45, 2.75) is 53.4 Å². The number of nitrogens with one attached hydrogen (secondary N) is 2. The van der Waals surface area contributed by atoms with E-state index in [1.54, 1.807) is 0 Å². The summed E-state index contributed by atoms with van der Waals surface area (Å²) >= 11 is 0. The maximum Gasteiger partial charge on any atom is 1.00 e. The van der Waals surface area contributed by atoms with Gasteiger partial charge in [-0.2, -0.15) is 0 Å². The van der Waals surface area contributed by atoms with Gasteiger partial charge in [0.2, 0.25) is 0 Å². The molecule has 0 amide bonds. The number of aromatic nitrogens is 4. The quantitative estimate of drug-likeness (QED) is 0.230. The molecule has 0 aromatic carbocycles. The van der Waals surface area contributed by atoms with E-state index in [2.05, 4.69) is 13.2 Å². The molecule has 0 spiro atoms. The van der Waals surface area contributed by atoms with Gasteiger partial charge < -0.3 is 45.9 Å². The summed E-state index contributed by atoms with van der Waals surface area (Å²) in [6.45, 7) is 15.0. The number of carboxylic acid groups (broad SMARTS) is 2. The van der Waals surface area contributed by atoms with Gasteiger partial charge >= 0.3 is 41.5 Å². The summed E-state index contributed by atoms with van der Waals surface area (Å²) in [6.07, 6.45) is 4.96. The Balaban J connectivity index is 0.00000116. The Morgan fingerprint density at radius 2 is 1.21 bits per heavy atom. The first-order chi connectivity index (χ1) is 25.6. The average Bonchev–Trinajstić information content (AvgIpc) is 3.82. The predicted octanol–water partition coefficient (Wildman–Crippen LogP) is 2.85. The van der Waals surface area contributed by atoms with Crippen LogP contribution in [0.3, 0.4) is 0 Å². The molecule has 0 aliphatic carbocycles. The normalized spacial score (nSPS) is 11.4. The third kappa shape index (κ3) is 12.2. The van der Waals surface area contributed by atoms with Gasteiger partial charge in [-0.05, 0) is 62.8 Å². The fourth-order valence-electron chi connectivity index (χ4n) is 5.81. The molecule has 16 heteroatoms. The van der Waals surface area contributed by atoms with Gasteiger partial charge in [0, 0.05) is 41.2 Å². The molecule has 56 heavy (non-hydrogen) atoms. The van der Waals surface area contributed by atoms with Crippen LogP contribution in [0, 0.1) is 13.8 Å². The monoisotopic (exact) mass is 817 g/mol. The molecule has 295 valence electrons. The van der Waals surface area contributed by atoms with Crippen molar-refractivity contribution in [3.8, 4) is 0 Å². The molecule has 0 saturated heterocycles. The van der Waals surface area contributed by atoms with Gasteiger partial charge in [0.1, 0.15) is 0 Å². The van der Waals surface area contributed by atoms with Crippen molar-refractivity contribution in [3.05, 3.63) is 100.0 Å². The first kappa shape index (κ1) is 49.4. The molecule has 8 bridgehead atoms. The maximum absolute atomic E-state index is 12.1. The van der Waals surface area contributed by atoms with Crippen LogP contribution in [0.4, 0.5) is 0 Å². The van der Waals surface area contributed by atoms with Crippen molar-refractivity contribution in [2.75, 3.05) is 27.3 Å². The molecule has 5 heterocycles. The van der Waals surface area contributed by atoms with E-state index >= 15 is 0 Å². The molecule has 3 N–H and O–H groups in total. The third-order valence-electron chi connectivity index (χ3n) is 8.80. The van der Waals surface area contributed by atoms with Gasteiger partial charge in [0.05, 0.1) is 37.0 Å². The Kier molecular flexibility index (Phi) is 20.1. The topological polar surface area (TPSA) is 232 Å². The van der Waals surface area contributed by atoms with E-state index in [0.717, 1.165) is 78.2 Å². The molecule has 2 aliphatic heterocycles. The minimum absolute atomic E-state index is 0. The number of methoxy groups -OCH3 is 2. The summed E-state index contributed by atoms with van der Waals surface area (Å²) in [7, 11) is 2.78. The van der Waals surface area contributed by atoms with E-state index in [1.807, 2.05) is 64.1 Å². The fourth-order valence-corrected chi connectivity index (χ4v) is 5.81. The van der Waals surface area contributed by atoms with Gasteiger partial charge in [0.25, 0.3) is 5.97 Å². The molecule has 0 fully saturated rings. The first-order valence-electron chi connectivity index (χ1n) is 16.8. The molecule has 5 rings (SSSR count). The molecule has 2 aliphatic rings. The second-order valence-corrected chi connectivity index (χ2v) is 12.1. The minimum Gasteiger partial charge on any atom is -0.673 e. The summed E-state index contributed by atoms with van der Waals surface area (Å²) < 4.78 is 9.86. The Hall–Kier alpha value is -4.61. The van der Waals surface area contributed by atoms with Crippen molar-refractivity contribution in [1.29, 1.82) is 0 Å². The summed E-state index contributed by atoms with van der Waals surface area (Å²) in [4.78, 5) is 62.6. The summed E-state index contributed by atoms with van der Waals surface area (Å²) in [5.74, 6) is -3.00. The van der Waals surface area contributed by atoms with Crippen molar-refractivity contribution in [1.82, 2.24) is 19.9 Å². The first-order valence-corrected chi connectivity index (χ1v) is 16.8. The smallest absolute Gasteiger partial charge is 0.673 e. The second-order valence-electron chi connectivity index (χ2n) is 12.1. The fraction of sp³-hybridized carbons (Fsp3) is 0.300. The van der Waals surface area contributed by atoms with E-state index < -0.39 is 25.0 Å². The summed E-state index contributed by atoms with van der Waals surface area (Å²) in [6, 6.07) is 7.87. The van der Waals surface area contributed by atoms with Crippen LogP contribution < -0.4 is 44.6 Å². The van der Waals surface area contributed by atoms with Crippen LogP contribution in [0.5, 0.6) is 0 Å². The number of carbonyl (C=O) groups excluding carboxylic acids is 3. The predicted molar refractivity (Wildman–Crippen MR) is 206 cm³/mol. The van der Waals surface area contributed by atoms with Gasteiger partial charge in [-0.15, -0.1) is 28.6 Å². The van der Waals surface area contributed by atoms with E-state index in [-0.39, 0.29) is 71.1 Å². The maximum atomic E-state index is 12.1. The van der Waals surface area contributed by atoms with Crippen LogP contribution in [0.25, 0.3) is 61.9 Å². The number of ether oxygens (including phenoxy) is 2. The number of carbonyl (C=O) groups is 4. The molecule has 0 unspecified atom stereocenters. The number of aliphatic carboxylic acids is 2. The van der Waals surface area contributed by atoms with Crippen molar-refractivity contribution in [3.63, 3.8) is 0 Å². The standard InChI is InChI=1S/C36H36N4O4.2C2H4NO2.Co.Na/c1-9-23-19(3)27-15-28-21(5)25(11-13-35(41)43-7)33(39-28)18-34-26(12-14-36(42)44-8)22(6)30(40-34)17-32-24(10-2)20(4)29(38-32)16-31(23)37-27;2*3-1-2(4)5;;/h9-10,15-18H,1-2,11-14H2,3-8H3;2*3H,1H2,(H,4,5);;/q-2;2*-1;;+1/p-1. The zero-order valence-corrected chi connectivity index (χ0v) is 35.6. The Bertz CT molecular complexity index is 2210. The number of aryl methyl sites for hydroxylation is 3. The van der Waals surface area contributed by atoms with E-state index in [4.69, 9.17) is 55.9 Å². The number of fused-ring (bicyclic) bond motifs is 8. The molecular weight excluding hydrogens is 774 g/mol. The molecule has 3 aromatic heterocycles. The molecule has 1 radical (unpaired) electrons. The SMILES string of the molecule is C=CC1=C(C)c2cc3[n-]c(cc4nc(cc5[n-]c(cc1n2)c(C)c5CCC(=O)OC)C(CCC(=O)OC)=C4C)c(C)c3C=C.[Co].[NH-]CC(=O)O.[NH-]CC(=O)[O-].[Na+]. The van der Waals surface area contributed by atoms with Crippen molar-refractivity contribution in [2.24, 2.45) is 0 Å². The van der Waals surface area contributed by atoms with E-state index in [1.165, 1.54) is 14.2 Å². The Morgan fingerprint density at radius 1 is 0.750 bits per heavy atom. The number of nitrogens with zero attached hydrogens (tertiary/aromatic N) is 4. The van der Waals surface area contributed by atoms with Crippen LogP contribution >= 0.6 is 0 Å². The number of carboxylic acids is 2. The summed E-state index contributed by atoms with van der Waals surface area (Å²) in [5, 5.41) is 16.6. The van der Waals surface area contributed by atoms with Crippen LogP contribution in [-0.4, -0.2) is 66.3 Å². The number of esters is 2. The van der Waals surface area contributed by atoms with Crippen LogP contribution in [0.1, 0.15) is 78.1 Å². The Labute approximate surface area is 358 Å². The molecule has 14 nitrogen and oxygen atoms in total. The van der Waals surface area contributed by atoms with Crippen LogP contribution in [0.15, 0.2) is 43.5 Å². The number of hydrogen-bond acceptors (Lipinski definition) is 9. The number of rotatable bonds is 10. The molecule has 3 aromatic rings. The number of hydrogen-bond donors (Lipinski definition) is 1. The van der Waals surface area contributed by atoms with E-state index in [0.29, 0.717) is 24.1 Å². The zero-order chi connectivity index (χ0) is 40.3. The van der Waals surface area contributed by atoms with Crippen LogP contribution in [-0.2, 0) is 51.9 Å². The van der Waals surface area contributed by atoms with E-state index in [9.17, 15) is 14.4 Å². The van der Waals surface area contributed by atoms with Gasteiger partial charge in [-0.1, -0.05) is 72.8 Å². The van der Waals surface area contributed by atoms with Gasteiger partial charge in [-0.3, -0.25) is 14.4 Å². The number of allylic oxidation sites excluding steroid dienone is 5. The molecule has 0 atom stereocenters. The molecular formula is C40H43CoN6NaO8-4. The van der Waals surface area contributed by atoms with Crippen molar-refractivity contribution >= 4 is 74.3 Å². The molecule has 0 saturated carbocycles. The largest absolute Gasteiger partial charge is 1.00 e. The van der Waals surface area contributed by atoms with Gasteiger partial charge in [-0.25, -0.2) is 9.97 Å². The van der Waals surface area contributed by atoms with Crippen molar-refractivity contribution < 1.29 is 85.2 Å². The average molecular weight is 818 g/mol. The zero-order valence-electron chi connectivity index (χ0n) is 32.5. The summed E-state index contributed by atoms with van der Waals surface area (Å²) in [5.41, 5.74) is 25.7.